The van der Waals surface area contributed by atoms with Crippen LogP contribution in [-0.2, 0) is 24.3 Å². The summed E-state index contributed by atoms with van der Waals surface area (Å²) in [6, 6.07) is -0.837. The number of carbonyl (C=O) groups is 2. The normalized spacial score (nSPS) is 18.5. The predicted molar refractivity (Wildman–Crippen MR) is 90.2 cm³/mol. The van der Waals surface area contributed by atoms with E-state index in [2.05, 4.69) is 10.3 Å². The van der Waals surface area contributed by atoms with E-state index < -0.39 is 34.5 Å². The van der Waals surface area contributed by atoms with Crippen LogP contribution in [0.2, 0.25) is 0 Å². The van der Waals surface area contributed by atoms with Crippen LogP contribution in [-0.4, -0.2) is 54.5 Å². The quantitative estimate of drug-likeness (QED) is 0.716. The monoisotopic (exact) mass is 375 g/mol. The number of thiazole rings is 1. The minimum atomic E-state index is -3.46. The molecule has 0 aliphatic carbocycles. The minimum Gasteiger partial charge on any atom is -0.454 e. The zero-order chi connectivity index (χ0) is 17.7. The summed E-state index contributed by atoms with van der Waals surface area (Å²) >= 11 is 1.28. The summed E-state index contributed by atoms with van der Waals surface area (Å²) in [5.74, 6) is -1.18. The van der Waals surface area contributed by atoms with Crippen LogP contribution in [0, 0.1) is 6.92 Å². The second kappa shape index (κ2) is 8.04. The lowest BCUT2D eigenvalue weighted by Gasteiger charge is -2.22. The zero-order valence-electron chi connectivity index (χ0n) is 13.6. The fourth-order valence-corrected chi connectivity index (χ4v) is 4.92. The summed E-state index contributed by atoms with van der Waals surface area (Å²) in [5.41, 5.74) is 0.787. The molecule has 0 radical (unpaired) electrons. The lowest BCUT2D eigenvalue weighted by molar-refractivity contribution is -0.150. The summed E-state index contributed by atoms with van der Waals surface area (Å²) in [7, 11) is -3.46. The summed E-state index contributed by atoms with van der Waals surface area (Å²) in [5, 5.41) is 4.75. The van der Waals surface area contributed by atoms with Gasteiger partial charge in [0.15, 0.2) is 11.7 Å². The maximum atomic E-state index is 12.2. The Morgan fingerprint density at radius 3 is 2.88 bits per heavy atom. The molecule has 1 aromatic heterocycles. The van der Waals surface area contributed by atoms with Crippen LogP contribution in [0.15, 0.2) is 5.38 Å². The average molecular weight is 375 g/mol. The highest BCUT2D eigenvalue weighted by Crippen LogP contribution is 2.23. The van der Waals surface area contributed by atoms with Gasteiger partial charge < -0.3 is 4.74 Å². The van der Waals surface area contributed by atoms with Gasteiger partial charge in [0.2, 0.25) is 10.0 Å². The van der Waals surface area contributed by atoms with Gasteiger partial charge in [-0.05, 0) is 26.2 Å². The first-order valence-corrected chi connectivity index (χ1v) is 10.2. The molecule has 1 saturated heterocycles. The van der Waals surface area contributed by atoms with Crippen molar-refractivity contribution >= 4 is 38.4 Å². The van der Waals surface area contributed by atoms with Crippen LogP contribution in [0.5, 0.6) is 0 Å². The van der Waals surface area contributed by atoms with Crippen molar-refractivity contribution < 1.29 is 22.7 Å². The molecule has 2 heterocycles. The van der Waals surface area contributed by atoms with Crippen molar-refractivity contribution in [3.63, 3.8) is 0 Å². The number of aryl methyl sites for hydroxylation is 1. The van der Waals surface area contributed by atoms with Gasteiger partial charge in [0, 0.05) is 11.9 Å². The number of nitrogens with one attached hydrogen (secondary N) is 1. The number of ether oxygens (including phenoxy) is 1. The van der Waals surface area contributed by atoms with E-state index in [4.69, 9.17) is 4.74 Å². The van der Waals surface area contributed by atoms with Gasteiger partial charge in [0.05, 0.1) is 11.4 Å². The first-order valence-electron chi connectivity index (χ1n) is 7.71. The first-order chi connectivity index (χ1) is 11.3. The Morgan fingerprint density at radius 1 is 1.50 bits per heavy atom. The van der Waals surface area contributed by atoms with E-state index >= 15 is 0 Å². The first kappa shape index (κ1) is 18.8. The molecule has 8 nitrogen and oxygen atoms in total. The van der Waals surface area contributed by atoms with Gasteiger partial charge >= 0.3 is 5.97 Å². The highest BCUT2D eigenvalue weighted by atomic mass is 32.2. The molecule has 1 aliphatic heterocycles. The van der Waals surface area contributed by atoms with E-state index in [9.17, 15) is 18.0 Å². The van der Waals surface area contributed by atoms with E-state index in [1.165, 1.54) is 15.6 Å². The lowest BCUT2D eigenvalue weighted by atomic mass is 10.2. The summed E-state index contributed by atoms with van der Waals surface area (Å²) in [6.07, 6.45) is 1.50. The maximum absolute atomic E-state index is 12.2. The van der Waals surface area contributed by atoms with E-state index in [0.29, 0.717) is 30.9 Å². The van der Waals surface area contributed by atoms with E-state index in [1.54, 1.807) is 19.2 Å². The number of nitrogens with zero attached hydrogens (tertiary/aromatic N) is 2. The number of carbonyl (C=O) groups excluding carboxylic acids is 2. The third kappa shape index (κ3) is 4.74. The van der Waals surface area contributed by atoms with Crippen LogP contribution in [0.3, 0.4) is 0 Å². The maximum Gasteiger partial charge on any atom is 0.324 e. The van der Waals surface area contributed by atoms with Gasteiger partial charge in [0.1, 0.15) is 6.04 Å². The number of esters is 1. The lowest BCUT2D eigenvalue weighted by Crippen LogP contribution is -2.43. The van der Waals surface area contributed by atoms with Crippen molar-refractivity contribution in [2.45, 2.75) is 39.2 Å². The fraction of sp³-hybridized carbons (Fsp3) is 0.643. The molecule has 0 aromatic carbocycles. The fourth-order valence-electron chi connectivity index (χ4n) is 2.48. The summed E-state index contributed by atoms with van der Waals surface area (Å²) in [4.78, 5) is 28.0. The Bertz CT molecular complexity index is 701. The summed E-state index contributed by atoms with van der Waals surface area (Å²) < 4.78 is 30.5. The van der Waals surface area contributed by atoms with Gasteiger partial charge in [-0.3, -0.25) is 14.9 Å². The molecule has 1 aromatic rings. The Morgan fingerprint density at radius 2 is 2.25 bits per heavy atom. The molecule has 134 valence electrons. The third-order valence-electron chi connectivity index (χ3n) is 3.51. The largest absolute Gasteiger partial charge is 0.454 e. The molecule has 10 heteroatoms. The summed E-state index contributed by atoms with van der Waals surface area (Å²) in [6.45, 7) is 3.42. The van der Waals surface area contributed by atoms with Gasteiger partial charge in [-0.1, -0.05) is 6.92 Å². The van der Waals surface area contributed by atoms with Crippen molar-refractivity contribution in [1.82, 2.24) is 9.29 Å². The molecule has 1 unspecified atom stereocenters. The van der Waals surface area contributed by atoms with E-state index in [-0.39, 0.29) is 5.75 Å². The Hall–Kier alpha value is -1.52. The van der Waals surface area contributed by atoms with Crippen LogP contribution in [0.4, 0.5) is 5.13 Å². The second-order valence-corrected chi connectivity index (χ2v) is 8.43. The highest BCUT2D eigenvalue weighted by molar-refractivity contribution is 7.89. The zero-order valence-corrected chi connectivity index (χ0v) is 15.3. The number of hydrogen-bond donors (Lipinski definition) is 1. The molecule has 1 fully saturated rings. The van der Waals surface area contributed by atoms with Gasteiger partial charge in [-0.2, -0.15) is 4.31 Å². The molecule has 1 amide bonds. The van der Waals surface area contributed by atoms with Gasteiger partial charge in [0.25, 0.3) is 5.91 Å². The SMILES string of the molecule is CCCS(=O)(=O)N1CCCC1C(=O)OCC(=O)Nc1nc(C)cs1. The van der Waals surface area contributed by atoms with Crippen molar-refractivity contribution in [2.75, 3.05) is 24.2 Å². The number of rotatable bonds is 7. The van der Waals surface area contributed by atoms with Crippen molar-refractivity contribution in [3.05, 3.63) is 11.1 Å². The van der Waals surface area contributed by atoms with Crippen molar-refractivity contribution in [1.29, 1.82) is 0 Å². The smallest absolute Gasteiger partial charge is 0.324 e. The molecule has 1 N–H and O–H groups in total. The molecule has 0 spiro atoms. The van der Waals surface area contributed by atoms with Crippen LogP contribution < -0.4 is 5.32 Å². The van der Waals surface area contributed by atoms with Crippen LogP contribution in [0.25, 0.3) is 0 Å². The van der Waals surface area contributed by atoms with Crippen molar-refractivity contribution in [3.8, 4) is 0 Å². The van der Waals surface area contributed by atoms with Gasteiger partial charge in [-0.15, -0.1) is 11.3 Å². The van der Waals surface area contributed by atoms with E-state index in [1.807, 2.05) is 0 Å². The van der Waals surface area contributed by atoms with Crippen LogP contribution in [0.1, 0.15) is 31.9 Å². The number of sulfonamides is 1. The highest BCUT2D eigenvalue weighted by Gasteiger charge is 2.39. The molecule has 2 rings (SSSR count). The standard InChI is InChI=1S/C14H21N3O5S2/c1-3-7-24(20,21)17-6-4-5-11(17)13(19)22-8-12(18)16-14-15-10(2)9-23-14/h9,11H,3-8H2,1-2H3,(H,15,16,18). The van der Waals surface area contributed by atoms with Crippen molar-refractivity contribution in [2.24, 2.45) is 0 Å². The molecular formula is C14H21N3O5S2. The molecule has 0 saturated carbocycles. The number of hydrogen-bond acceptors (Lipinski definition) is 7. The number of aromatic nitrogens is 1. The predicted octanol–water partition coefficient (Wildman–Crippen LogP) is 1.14. The van der Waals surface area contributed by atoms with E-state index in [0.717, 1.165) is 5.69 Å². The molecule has 1 aliphatic rings. The molecule has 24 heavy (non-hydrogen) atoms. The van der Waals surface area contributed by atoms with Crippen LogP contribution >= 0.6 is 11.3 Å². The average Bonchev–Trinajstić information content (AvgIpc) is 3.14. The Kier molecular flexibility index (Phi) is 6.30. The second-order valence-electron chi connectivity index (χ2n) is 5.53. The van der Waals surface area contributed by atoms with Gasteiger partial charge in [-0.25, -0.2) is 13.4 Å². The Labute approximate surface area is 145 Å². The number of anilines is 1. The number of amides is 1. The molecular weight excluding hydrogens is 354 g/mol. The third-order valence-corrected chi connectivity index (χ3v) is 6.46. The Balaban J connectivity index is 1.88. The topological polar surface area (TPSA) is 106 Å². The molecule has 1 atom stereocenters. The molecule has 0 bridgehead atoms. The minimum absolute atomic E-state index is 0.000659.